The normalized spacial score (nSPS) is 12.3. The van der Waals surface area contributed by atoms with Gasteiger partial charge in [0.05, 0.1) is 22.9 Å². The van der Waals surface area contributed by atoms with Crippen molar-refractivity contribution in [2.45, 2.75) is 19.9 Å². The van der Waals surface area contributed by atoms with E-state index < -0.39 is 5.82 Å². The minimum absolute atomic E-state index is 0.0487. The number of halogens is 3. The Hall–Kier alpha value is -1.32. The van der Waals surface area contributed by atoms with Crippen molar-refractivity contribution < 1.29 is 4.39 Å². The van der Waals surface area contributed by atoms with Gasteiger partial charge in [0.25, 0.3) is 0 Å². The zero-order chi connectivity index (χ0) is 14.0. The smallest absolute Gasteiger partial charge is 0.142 e. The highest BCUT2D eigenvalue weighted by Gasteiger charge is 2.17. The maximum Gasteiger partial charge on any atom is 0.142 e. The van der Waals surface area contributed by atoms with Crippen LogP contribution in [0.1, 0.15) is 24.2 Å². The Bertz CT molecular complexity index is 585. The van der Waals surface area contributed by atoms with Crippen molar-refractivity contribution in [3.05, 3.63) is 57.6 Å². The molecule has 0 spiro atoms. The van der Waals surface area contributed by atoms with Gasteiger partial charge in [0, 0.05) is 16.3 Å². The summed E-state index contributed by atoms with van der Waals surface area (Å²) >= 11 is 12.1. The summed E-state index contributed by atoms with van der Waals surface area (Å²) in [5.74, 6) is -0.475. The van der Waals surface area contributed by atoms with Gasteiger partial charge in [-0.05, 0) is 38.1 Å². The lowest BCUT2D eigenvalue weighted by molar-refractivity contribution is 0.624. The highest BCUT2D eigenvalue weighted by Crippen LogP contribution is 2.33. The molecule has 1 aromatic carbocycles. The molecule has 0 saturated carbocycles. The number of rotatable bonds is 3. The molecule has 100 valence electrons. The first-order valence-electron chi connectivity index (χ1n) is 5.81. The van der Waals surface area contributed by atoms with Crippen LogP contribution in [0.15, 0.2) is 30.5 Å². The third-order valence-corrected chi connectivity index (χ3v) is 3.52. The molecule has 1 aromatic heterocycles. The fraction of sp³-hybridized carbons (Fsp3) is 0.214. The van der Waals surface area contributed by atoms with Gasteiger partial charge in [-0.25, -0.2) is 4.39 Å². The molecule has 0 aliphatic rings. The van der Waals surface area contributed by atoms with Crippen molar-refractivity contribution in [1.82, 2.24) is 4.98 Å². The molecule has 2 rings (SSSR count). The van der Waals surface area contributed by atoms with E-state index in [1.807, 2.05) is 26.0 Å². The number of nitrogens with one attached hydrogen (secondary N) is 1. The van der Waals surface area contributed by atoms with E-state index in [0.717, 1.165) is 11.4 Å². The Balaban J connectivity index is 2.27. The summed E-state index contributed by atoms with van der Waals surface area (Å²) in [6, 6.07) is 6.34. The lowest BCUT2D eigenvalue weighted by Crippen LogP contribution is -2.09. The summed E-state index contributed by atoms with van der Waals surface area (Å²) in [6.07, 6.45) is 1.72. The molecule has 0 aliphatic carbocycles. The van der Waals surface area contributed by atoms with E-state index in [4.69, 9.17) is 23.2 Å². The van der Waals surface area contributed by atoms with E-state index in [0.29, 0.717) is 10.6 Å². The summed E-state index contributed by atoms with van der Waals surface area (Å²) < 4.78 is 13.5. The van der Waals surface area contributed by atoms with E-state index in [1.54, 1.807) is 6.20 Å². The van der Waals surface area contributed by atoms with Gasteiger partial charge in [-0.15, -0.1) is 0 Å². The van der Waals surface area contributed by atoms with Gasteiger partial charge >= 0.3 is 0 Å². The van der Waals surface area contributed by atoms with Gasteiger partial charge in [0.2, 0.25) is 0 Å². The van der Waals surface area contributed by atoms with Crippen LogP contribution in [0.4, 0.5) is 10.1 Å². The Morgan fingerprint density at radius 3 is 2.58 bits per heavy atom. The molecule has 1 N–H and O–H groups in total. The molecule has 19 heavy (non-hydrogen) atoms. The van der Waals surface area contributed by atoms with E-state index in [9.17, 15) is 4.39 Å². The lowest BCUT2D eigenvalue weighted by atomic mass is 10.1. The molecule has 0 bridgehead atoms. The maximum atomic E-state index is 13.5. The zero-order valence-corrected chi connectivity index (χ0v) is 12.1. The van der Waals surface area contributed by atoms with Crippen LogP contribution in [-0.2, 0) is 0 Å². The SMILES string of the molecule is Cc1ccc(NC(C)c2c(Cl)ccc(F)c2Cl)cn1. The van der Waals surface area contributed by atoms with Crippen LogP contribution in [0.5, 0.6) is 0 Å². The molecule has 0 saturated heterocycles. The second-order valence-electron chi connectivity index (χ2n) is 4.31. The van der Waals surface area contributed by atoms with Crippen LogP contribution in [0.2, 0.25) is 10.0 Å². The van der Waals surface area contributed by atoms with Crippen molar-refractivity contribution in [1.29, 1.82) is 0 Å². The first kappa shape index (κ1) is 14.1. The minimum Gasteiger partial charge on any atom is -0.377 e. The van der Waals surface area contributed by atoms with E-state index >= 15 is 0 Å². The standard InChI is InChI=1S/C14H13Cl2FN2/c1-8-3-4-10(7-18-8)19-9(2)13-11(15)5-6-12(17)14(13)16/h3-7,9,19H,1-2H3. The van der Waals surface area contributed by atoms with Gasteiger partial charge in [0.15, 0.2) is 0 Å². The fourth-order valence-corrected chi connectivity index (χ4v) is 2.51. The molecule has 0 radical (unpaired) electrons. The lowest BCUT2D eigenvalue weighted by Gasteiger charge is -2.18. The third kappa shape index (κ3) is 3.17. The van der Waals surface area contributed by atoms with Gasteiger partial charge in [0.1, 0.15) is 5.82 Å². The first-order valence-corrected chi connectivity index (χ1v) is 6.57. The summed E-state index contributed by atoms with van der Waals surface area (Å²) in [6.45, 7) is 3.78. The van der Waals surface area contributed by atoms with Gasteiger partial charge in [-0.2, -0.15) is 0 Å². The van der Waals surface area contributed by atoms with Crippen molar-refractivity contribution in [2.24, 2.45) is 0 Å². The monoisotopic (exact) mass is 298 g/mol. The molecular formula is C14H13Cl2FN2. The van der Waals surface area contributed by atoms with Crippen molar-refractivity contribution in [2.75, 3.05) is 5.32 Å². The largest absolute Gasteiger partial charge is 0.377 e. The number of aromatic nitrogens is 1. The molecule has 0 aliphatic heterocycles. The van der Waals surface area contributed by atoms with Gasteiger partial charge in [-0.3, -0.25) is 4.98 Å². The molecule has 1 atom stereocenters. The molecular weight excluding hydrogens is 286 g/mol. The fourth-order valence-electron chi connectivity index (χ4n) is 1.82. The zero-order valence-electron chi connectivity index (χ0n) is 10.5. The third-order valence-electron chi connectivity index (χ3n) is 2.81. The topological polar surface area (TPSA) is 24.9 Å². The second kappa shape index (κ2) is 5.76. The van der Waals surface area contributed by atoms with E-state index in [2.05, 4.69) is 10.3 Å². The number of pyridine rings is 1. The molecule has 1 heterocycles. The van der Waals surface area contributed by atoms with Crippen molar-refractivity contribution in [3.8, 4) is 0 Å². The van der Waals surface area contributed by atoms with Crippen LogP contribution < -0.4 is 5.32 Å². The summed E-state index contributed by atoms with van der Waals surface area (Å²) in [4.78, 5) is 4.19. The second-order valence-corrected chi connectivity index (χ2v) is 5.10. The number of nitrogens with zero attached hydrogens (tertiary/aromatic N) is 1. The Morgan fingerprint density at radius 2 is 1.95 bits per heavy atom. The predicted molar refractivity (Wildman–Crippen MR) is 77.4 cm³/mol. The predicted octanol–water partition coefficient (Wildman–Crippen LogP) is 5.01. The van der Waals surface area contributed by atoms with Crippen molar-refractivity contribution in [3.63, 3.8) is 0 Å². The minimum atomic E-state index is -0.475. The Morgan fingerprint density at radius 1 is 1.21 bits per heavy atom. The van der Waals surface area contributed by atoms with Crippen LogP contribution in [0.25, 0.3) is 0 Å². The van der Waals surface area contributed by atoms with E-state index in [1.165, 1.54) is 12.1 Å². The molecule has 0 amide bonds. The number of hydrogen-bond acceptors (Lipinski definition) is 2. The molecule has 2 nitrogen and oxygen atoms in total. The number of anilines is 1. The summed E-state index contributed by atoms with van der Waals surface area (Å²) in [5, 5.41) is 3.68. The first-order chi connectivity index (χ1) is 8.99. The number of benzene rings is 1. The van der Waals surface area contributed by atoms with Gasteiger partial charge in [-0.1, -0.05) is 23.2 Å². The molecule has 5 heteroatoms. The molecule has 1 unspecified atom stereocenters. The summed E-state index contributed by atoms with van der Waals surface area (Å²) in [5.41, 5.74) is 2.30. The van der Waals surface area contributed by atoms with Crippen LogP contribution in [-0.4, -0.2) is 4.98 Å². The highest BCUT2D eigenvalue weighted by atomic mass is 35.5. The van der Waals surface area contributed by atoms with Crippen molar-refractivity contribution >= 4 is 28.9 Å². The average Bonchev–Trinajstić information content (AvgIpc) is 2.37. The number of aryl methyl sites for hydroxylation is 1. The van der Waals surface area contributed by atoms with E-state index in [-0.39, 0.29) is 11.1 Å². The van der Waals surface area contributed by atoms with Crippen LogP contribution >= 0.6 is 23.2 Å². The quantitative estimate of drug-likeness (QED) is 0.806. The number of hydrogen-bond donors (Lipinski definition) is 1. The Kier molecular flexibility index (Phi) is 4.27. The average molecular weight is 299 g/mol. The molecule has 2 aromatic rings. The highest BCUT2D eigenvalue weighted by molar-refractivity contribution is 6.36. The van der Waals surface area contributed by atoms with Crippen LogP contribution in [0, 0.1) is 12.7 Å². The maximum absolute atomic E-state index is 13.5. The molecule has 0 fully saturated rings. The van der Waals surface area contributed by atoms with Crippen LogP contribution in [0.3, 0.4) is 0 Å². The van der Waals surface area contributed by atoms with Gasteiger partial charge < -0.3 is 5.32 Å². The summed E-state index contributed by atoms with van der Waals surface area (Å²) in [7, 11) is 0. The Labute approximate surface area is 121 Å².